The summed E-state index contributed by atoms with van der Waals surface area (Å²) >= 11 is 1.60. The second kappa shape index (κ2) is 7.83. The maximum Gasteiger partial charge on any atom is 0.339 e. The Hall–Kier alpha value is -2.27. The van der Waals surface area contributed by atoms with Crippen molar-refractivity contribution in [3.05, 3.63) is 65.7 Å². The topological polar surface area (TPSA) is 46.6 Å². The average Bonchev–Trinajstić information content (AvgIpc) is 2.59. The summed E-state index contributed by atoms with van der Waals surface area (Å²) in [6.07, 6.45) is 1.02. The molecule has 4 nitrogen and oxygen atoms in total. The zero-order chi connectivity index (χ0) is 16.8. The van der Waals surface area contributed by atoms with E-state index < -0.39 is 12.1 Å². The monoisotopic (exact) mass is 329 g/mol. The summed E-state index contributed by atoms with van der Waals surface area (Å²) in [6, 6.07) is 16.1. The molecule has 1 atom stereocenters. The molecule has 23 heavy (non-hydrogen) atoms. The Morgan fingerprint density at radius 2 is 1.61 bits per heavy atom. The van der Waals surface area contributed by atoms with Gasteiger partial charge in [0.15, 0.2) is 0 Å². The zero-order valence-corrected chi connectivity index (χ0v) is 14.2. The molecule has 0 aliphatic rings. The Morgan fingerprint density at radius 3 is 2.13 bits per heavy atom. The van der Waals surface area contributed by atoms with E-state index in [1.807, 2.05) is 36.6 Å². The summed E-state index contributed by atoms with van der Waals surface area (Å²) in [4.78, 5) is 27.2. The molecule has 0 fully saturated rings. The van der Waals surface area contributed by atoms with Crippen molar-refractivity contribution in [2.75, 3.05) is 20.4 Å². The number of ether oxygens (including phenoxy) is 1. The van der Waals surface area contributed by atoms with E-state index in [1.54, 1.807) is 50.1 Å². The van der Waals surface area contributed by atoms with E-state index in [1.165, 1.54) is 4.90 Å². The lowest BCUT2D eigenvalue weighted by Crippen LogP contribution is -2.31. The number of amides is 1. The van der Waals surface area contributed by atoms with Gasteiger partial charge < -0.3 is 9.64 Å². The Bertz CT molecular complexity index is 668. The van der Waals surface area contributed by atoms with Crippen LogP contribution in [0.25, 0.3) is 0 Å². The highest BCUT2D eigenvalue weighted by Crippen LogP contribution is 2.22. The normalized spacial score (nSPS) is 11.6. The summed E-state index contributed by atoms with van der Waals surface area (Å²) in [5.41, 5.74) is 1.08. The van der Waals surface area contributed by atoms with Gasteiger partial charge in [0.25, 0.3) is 5.91 Å². The number of carbonyl (C=O) groups excluding carboxylic acids is 2. The molecule has 2 aromatic rings. The molecular formula is C18H19NO3S. The SMILES string of the molecule is CSc1ccc(C(=O)O[C@@H](C(=O)N(C)C)c2ccccc2)cc1. The van der Waals surface area contributed by atoms with Crippen molar-refractivity contribution in [2.24, 2.45) is 0 Å². The first-order valence-corrected chi connectivity index (χ1v) is 8.36. The summed E-state index contributed by atoms with van der Waals surface area (Å²) in [6.45, 7) is 0. The van der Waals surface area contributed by atoms with Crippen LogP contribution in [0.15, 0.2) is 59.5 Å². The van der Waals surface area contributed by atoms with Crippen molar-refractivity contribution in [2.45, 2.75) is 11.0 Å². The highest BCUT2D eigenvalue weighted by atomic mass is 32.2. The van der Waals surface area contributed by atoms with Gasteiger partial charge in [0.05, 0.1) is 5.56 Å². The molecule has 0 radical (unpaired) electrons. The second-order valence-corrected chi connectivity index (χ2v) is 6.04. The van der Waals surface area contributed by atoms with Crippen LogP contribution < -0.4 is 0 Å². The number of rotatable bonds is 5. The molecule has 120 valence electrons. The van der Waals surface area contributed by atoms with Crippen molar-refractivity contribution in [1.29, 1.82) is 0 Å². The minimum absolute atomic E-state index is 0.273. The second-order valence-electron chi connectivity index (χ2n) is 5.16. The fourth-order valence-corrected chi connectivity index (χ4v) is 2.43. The van der Waals surface area contributed by atoms with E-state index in [0.717, 1.165) is 4.90 Å². The molecule has 0 aromatic heterocycles. The summed E-state index contributed by atoms with van der Waals surface area (Å²) in [5, 5.41) is 0. The van der Waals surface area contributed by atoms with Crippen LogP contribution in [0.2, 0.25) is 0 Å². The molecule has 0 aliphatic carbocycles. The molecule has 0 saturated heterocycles. The number of benzene rings is 2. The molecular weight excluding hydrogens is 310 g/mol. The molecule has 0 aliphatic heterocycles. The van der Waals surface area contributed by atoms with Gasteiger partial charge in [0, 0.05) is 24.6 Å². The van der Waals surface area contributed by atoms with E-state index in [0.29, 0.717) is 11.1 Å². The highest BCUT2D eigenvalue weighted by Gasteiger charge is 2.26. The minimum Gasteiger partial charge on any atom is -0.444 e. The summed E-state index contributed by atoms with van der Waals surface area (Å²) in [5.74, 6) is -0.785. The smallest absolute Gasteiger partial charge is 0.339 e. The van der Waals surface area contributed by atoms with Crippen molar-refractivity contribution >= 4 is 23.6 Å². The van der Waals surface area contributed by atoms with Crippen molar-refractivity contribution in [3.8, 4) is 0 Å². The van der Waals surface area contributed by atoms with E-state index in [9.17, 15) is 9.59 Å². The maximum atomic E-state index is 12.4. The van der Waals surface area contributed by atoms with Gasteiger partial charge in [-0.05, 0) is 30.5 Å². The fraction of sp³-hybridized carbons (Fsp3) is 0.222. The van der Waals surface area contributed by atoms with Gasteiger partial charge in [0.1, 0.15) is 0 Å². The number of thioether (sulfide) groups is 1. The predicted molar refractivity (Wildman–Crippen MR) is 91.5 cm³/mol. The number of hydrogen-bond acceptors (Lipinski definition) is 4. The Morgan fingerprint density at radius 1 is 1.00 bits per heavy atom. The first-order chi connectivity index (χ1) is 11.0. The molecule has 0 unspecified atom stereocenters. The molecule has 0 heterocycles. The first kappa shape index (κ1) is 17.1. The number of likely N-dealkylation sites (N-methyl/N-ethyl adjacent to an activating group) is 1. The standard InChI is InChI=1S/C18H19NO3S/c1-19(2)17(20)16(13-7-5-4-6-8-13)22-18(21)14-9-11-15(23-3)12-10-14/h4-12,16H,1-3H3/t16-/m1/s1. The quantitative estimate of drug-likeness (QED) is 0.623. The van der Waals surface area contributed by atoms with Crippen LogP contribution in [0.1, 0.15) is 22.0 Å². The van der Waals surface area contributed by atoms with Gasteiger partial charge >= 0.3 is 5.97 Å². The minimum atomic E-state index is -0.945. The fourth-order valence-electron chi connectivity index (χ4n) is 2.03. The van der Waals surface area contributed by atoms with Crippen LogP contribution >= 0.6 is 11.8 Å². The third-order valence-corrected chi connectivity index (χ3v) is 4.06. The van der Waals surface area contributed by atoms with Gasteiger partial charge in [-0.25, -0.2) is 4.79 Å². The van der Waals surface area contributed by atoms with E-state index >= 15 is 0 Å². The molecule has 2 rings (SSSR count). The van der Waals surface area contributed by atoms with Crippen molar-refractivity contribution in [1.82, 2.24) is 4.90 Å². The van der Waals surface area contributed by atoms with Gasteiger partial charge in [0.2, 0.25) is 6.10 Å². The Labute approximate surface area is 140 Å². The Balaban J connectivity index is 2.23. The molecule has 0 N–H and O–H groups in total. The van der Waals surface area contributed by atoms with Gasteiger partial charge in [-0.15, -0.1) is 11.8 Å². The summed E-state index contributed by atoms with van der Waals surface area (Å²) < 4.78 is 5.48. The maximum absolute atomic E-state index is 12.4. The molecule has 0 spiro atoms. The van der Waals surface area contributed by atoms with Crippen LogP contribution in [-0.2, 0) is 9.53 Å². The van der Waals surface area contributed by atoms with Crippen molar-refractivity contribution in [3.63, 3.8) is 0 Å². The first-order valence-electron chi connectivity index (χ1n) is 7.14. The number of carbonyl (C=O) groups is 2. The number of hydrogen-bond donors (Lipinski definition) is 0. The Kier molecular flexibility index (Phi) is 5.82. The van der Waals surface area contributed by atoms with Crippen LogP contribution in [0.5, 0.6) is 0 Å². The number of esters is 1. The largest absolute Gasteiger partial charge is 0.444 e. The van der Waals surface area contributed by atoms with E-state index in [-0.39, 0.29) is 5.91 Å². The lowest BCUT2D eigenvalue weighted by molar-refractivity contribution is -0.138. The van der Waals surface area contributed by atoms with Crippen LogP contribution in [-0.4, -0.2) is 37.1 Å². The van der Waals surface area contributed by atoms with Gasteiger partial charge in [-0.3, -0.25) is 4.79 Å². The van der Waals surface area contributed by atoms with Crippen LogP contribution in [0.4, 0.5) is 0 Å². The predicted octanol–water partition coefficient (Wildman–Crippen LogP) is 3.39. The molecule has 5 heteroatoms. The highest BCUT2D eigenvalue weighted by molar-refractivity contribution is 7.98. The third-order valence-electron chi connectivity index (χ3n) is 3.32. The summed E-state index contributed by atoms with van der Waals surface area (Å²) in [7, 11) is 3.28. The van der Waals surface area contributed by atoms with Gasteiger partial charge in [-0.1, -0.05) is 30.3 Å². The van der Waals surface area contributed by atoms with Gasteiger partial charge in [-0.2, -0.15) is 0 Å². The van der Waals surface area contributed by atoms with Crippen molar-refractivity contribution < 1.29 is 14.3 Å². The number of nitrogens with zero attached hydrogens (tertiary/aromatic N) is 1. The lowest BCUT2D eigenvalue weighted by atomic mass is 10.1. The molecule has 0 bridgehead atoms. The molecule has 0 saturated carbocycles. The molecule has 2 aromatic carbocycles. The lowest BCUT2D eigenvalue weighted by Gasteiger charge is -2.21. The third kappa shape index (κ3) is 4.36. The molecule has 1 amide bonds. The van der Waals surface area contributed by atoms with E-state index in [2.05, 4.69) is 0 Å². The zero-order valence-electron chi connectivity index (χ0n) is 13.4. The van der Waals surface area contributed by atoms with Crippen LogP contribution in [0, 0.1) is 0 Å². The average molecular weight is 329 g/mol. The van der Waals surface area contributed by atoms with E-state index in [4.69, 9.17) is 4.74 Å². The van der Waals surface area contributed by atoms with Crippen LogP contribution in [0.3, 0.4) is 0 Å².